The molecular formula is C14H21NO2. The summed E-state index contributed by atoms with van der Waals surface area (Å²) in [5.74, 6) is 0.0178. The van der Waals surface area contributed by atoms with Crippen LogP contribution in [0.3, 0.4) is 0 Å². The maximum atomic E-state index is 12.0. The molecule has 2 N–H and O–H groups in total. The van der Waals surface area contributed by atoms with E-state index in [1.54, 1.807) is 7.11 Å². The van der Waals surface area contributed by atoms with Gasteiger partial charge in [0.15, 0.2) is 5.78 Å². The fourth-order valence-electron chi connectivity index (χ4n) is 1.69. The highest BCUT2D eigenvalue weighted by atomic mass is 16.5. The van der Waals surface area contributed by atoms with Crippen molar-refractivity contribution in [2.75, 3.05) is 13.7 Å². The first-order chi connectivity index (χ1) is 8.06. The number of methoxy groups -OCH3 is 1. The minimum Gasteiger partial charge on any atom is -0.385 e. The minimum atomic E-state index is -0.424. The molecule has 1 rings (SSSR count). The molecule has 0 aliphatic heterocycles. The lowest BCUT2D eigenvalue weighted by Gasteiger charge is -2.11. The second-order valence-corrected chi connectivity index (χ2v) is 4.40. The van der Waals surface area contributed by atoms with E-state index in [1.165, 1.54) is 5.56 Å². The number of benzene rings is 1. The van der Waals surface area contributed by atoms with Crippen molar-refractivity contribution in [2.45, 2.75) is 32.7 Å². The summed E-state index contributed by atoms with van der Waals surface area (Å²) in [7, 11) is 1.65. The van der Waals surface area contributed by atoms with Gasteiger partial charge in [-0.05, 0) is 43.9 Å². The molecule has 0 radical (unpaired) electrons. The molecule has 3 nitrogen and oxygen atoms in total. The second-order valence-electron chi connectivity index (χ2n) is 4.40. The number of rotatable bonds is 6. The predicted molar refractivity (Wildman–Crippen MR) is 69.3 cm³/mol. The van der Waals surface area contributed by atoms with E-state index in [1.807, 2.05) is 32.0 Å². The Morgan fingerprint density at radius 3 is 2.65 bits per heavy atom. The molecule has 0 aliphatic carbocycles. The van der Waals surface area contributed by atoms with E-state index in [0.29, 0.717) is 18.6 Å². The predicted octanol–water partition coefficient (Wildman–Crippen LogP) is 2.24. The lowest BCUT2D eigenvalue weighted by atomic mass is 9.98. The van der Waals surface area contributed by atoms with Gasteiger partial charge in [0.05, 0.1) is 6.04 Å². The van der Waals surface area contributed by atoms with E-state index in [-0.39, 0.29) is 5.78 Å². The van der Waals surface area contributed by atoms with Crippen LogP contribution in [-0.4, -0.2) is 25.5 Å². The SMILES string of the molecule is COCCCC(N)C(=O)c1ccc(C)c(C)c1. The van der Waals surface area contributed by atoms with Gasteiger partial charge in [-0.15, -0.1) is 0 Å². The van der Waals surface area contributed by atoms with Crippen LogP contribution in [0.1, 0.15) is 34.3 Å². The van der Waals surface area contributed by atoms with Gasteiger partial charge in [-0.2, -0.15) is 0 Å². The second kappa shape index (κ2) is 6.52. The number of Topliss-reactive ketones (excluding diaryl/α,β-unsaturated/α-hetero) is 1. The van der Waals surface area contributed by atoms with Crippen LogP contribution >= 0.6 is 0 Å². The molecule has 0 aromatic heterocycles. The van der Waals surface area contributed by atoms with Crippen LogP contribution in [0.4, 0.5) is 0 Å². The number of hydrogen-bond acceptors (Lipinski definition) is 3. The molecule has 0 fully saturated rings. The fraction of sp³-hybridized carbons (Fsp3) is 0.500. The zero-order valence-electron chi connectivity index (χ0n) is 10.8. The van der Waals surface area contributed by atoms with Gasteiger partial charge in [-0.1, -0.05) is 12.1 Å². The van der Waals surface area contributed by atoms with Crippen LogP contribution in [0.2, 0.25) is 0 Å². The Morgan fingerprint density at radius 2 is 2.06 bits per heavy atom. The molecule has 0 saturated heterocycles. The van der Waals surface area contributed by atoms with Crippen LogP contribution in [0, 0.1) is 13.8 Å². The van der Waals surface area contributed by atoms with Crippen LogP contribution < -0.4 is 5.73 Å². The highest BCUT2D eigenvalue weighted by molar-refractivity contribution is 6.00. The molecule has 94 valence electrons. The molecule has 1 atom stereocenters. The van der Waals surface area contributed by atoms with E-state index in [2.05, 4.69) is 0 Å². The Labute approximate surface area is 103 Å². The molecule has 0 saturated carbocycles. The molecule has 0 aliphatic rings. The Morgan fingerprint density at radius 1 is 1.35 bits per heavy atom. The van der Waals surface area contributed by atoms with Crippen molar-refractivity contribution < 1.29 is 9.53 Å². The summed E-state index contributed by atoms with van der Waals surface area (Å²) >= 11 is 0. The third-order valence-corrected chi connectivity index (χ3v) is 2.99. The van der Waals surface area contributed by atoms with Crippen molar-refractivity contribution >= 4 is 5.78 Å². The smallest absolute Gasteiger partial charge is 0.179 e. The number of ketones is 1. The van der Waals surface area contributed by atoms with Gasteiger partial charge in [-0.3, -0.25) is 4.79 Å². The number of nitrogens with two attached hydrogens (primary N) is 1. The van der Waals surface area contributed by atoms with Gasteiger partial charge in [0, 0.05) is 19.3 Å². The molecule has 17 heavy (non-hydrogen) atoms. The van der Waals surface area contributed by atoms with Gasteiger partial charge in [0.1, 0.15) is 0 Å². The largest absolute Gasteiger partial charge is 0.385 e. The number of carbonyl (C=O) groups is 1. The number of ether oxygens (including phenoxy) is 1. The highest BCUT2D eigenvalue weighted by Gasteiger charge is 2.15. The first-order valence-electron chi connectivity index (χ1n) is 5.92. The highest BCUT2D eigenvalue weighted by Crippen LogP contribution is 2.12. The maximum absolute atomic E-state index is 12.0. The van der Waals surface area contributed by atoms with Crippen LogP contribution in [0.5, 0.6) is 0 Å². The molecule has 0 spiro atoms. The third-order valence-electron chi connectivity index (χ3n) is 2.99. The van der Waals surface area contributed by atoms with Crippen LogP contribution in [0.25, 0.3) is 0 Å². The van der Waals surface area contributed by atoms with Crippen molar-refractivity contribution in [2.24, 2.45) is 5.73 Å². The van der Waals surface area contributed by atoms with Crippen molar-refractivity contribution in [1.82, 2.24) is 0 Å². The average Bonchev–Trinajstić information content (AvgIpc) is 2.32. The molecule has 1 aromatic carbocycles. The van der Waals surface area contributed by atoms with E-state index in [0.717, 1.165) is 12.0 Å². The molecule has 3 heteroatoms. The molecular weight excluding hydrogens is 214 g/mol. The lowest BCUT2D eigenvalue weighted by molar-refractivity contribution is 0.0950. The van der Waals surface area contributed by atoms with Gasteiger partial charge in [-0.25, -0.2) is 0 Å². The Bertz CT molecular complexity index is 388. The standard InChI is InChI=1S/C14H21NO2/c1-10-6-7-12(9-11(10)2)14(16)13(15)5-4-8-17-3/h6-7,9,13H,4-5,8,15H2,1-3H3. The molecule has 1 unspecified atom stereocenters. The topological polar surface area (TPSA) is 52.3 Å². The summed E-state index contributed by atoms with van der Waals surface area (Å²) in [5, 5.41) is 0. The summed E-state index contributed by atoms with van der Waals surface area (Å²) in [6.45, 7) is 4.68. The number of hydrogen-bond donors (Lipinski definition) is 1. The number of aryl methyl sites for hydroxylation is 2. The quantitative estimate of drug-likeness (QED) is 0.607. The maximum Gasteiger partial charge on any atom is 0.179 e. The molecule has 0 amide bonds. The molecule has 0 heterocycles. The minimum absolute atomic E-state index is 0.0178. The van der Waals surface area contributed by atoms with Crippen molar-refractivity contribution in [3.05, 3.63) is 34.9 Å². The van der Waals surface area contributed by atoms with Gasteiger partial charge in [0.2, 0.25) is 0 Å². The summed E-state index contributed by atoms with van der Waals surface area (Å²) in [4.78, 5) is 12.0. The third kappa shape index (κ3) is 3.95. The van der Waals surface area contributed by atoms with Gasteiger partial charge in [0.25, 0.3) is 0 Å². The first kappa shape index (κ1) is 13.9. The first-order valence-corrected chi connectivity index (χ1v) is 5.92. The van der Waals surface area contributed by atoms with Crippen molar-refractivity contribution in [3.63, 3.8) is 0 Å². The average molecular weight is 235 g/mol. The fourth-order valence-corrected chi connectivity index (χ4v) is 1.69. The van der Waals surface area contributed by atoms with Gasteiger partial charge >= 0.3 is 0 Å². The van der Waals surface area contributed by atoms with E-state index >= 15 is 0 Å². The lowest BCUT2D eigenvalue weighted by Crippen LogP contribution is -2.30. The summed E-state index contributed by atoms with van der Waals surface area (Å²) < 4.78 is 4.95. The van der Waals surface area contributed by atoms with Crippen LogP contribution in [0.15, 0.2) is 18.2 Å². The molecule has 1 aromatic rings. The van der Waals surface area contributed by atoms with E-state index in [9.17, 15) is 4.79 Å². The van der Waals surface area contributed by atoms with Gasteiger partial charge < -0.3 is 10.5 Å². The zero-order valence-corrected chi connectivity index (χ0v) is 10.8. The Kier molecular flexibility index (Phi) is 5.32. The van der Waals surface area contributed by atoms with Crippen molar-refractivity contribution in [3.8, 4) is 0 Å². The summed E-state index contributed by atoms with van der Waals surface area (Å²) in [6.07, 6.45) is 1.48. The zero-order chi connectivity index (χ0) is 12.8. The Balaban J connectivity index is 2.65. The normalized spacial score (nSPS) is 12.5. The van der Waals surface area contributed by atoms with Crippen molar-refractivity contribution in [1.29, 1.82) is 0 Å². The Hall–Kier alpha value is -1.19. The summed E-state index contributed by atoms with van der Waals surface area (Å²) in [6, 6.07) is 5.30. The van der Waals surface area contributed by atoms with E-state index < -0.39 is 6.04 Å². The monoisotopic (exact) mass is 235 g/mol. The number of carbonyl (C=O) groups excluding carboxylic acids is 1. The van der Waals surface area contributed by atoms with E-state index in [4.69, 9.17) is 10.5 Å². The summed E-state index contributed by atoms with van der Waals surface area (Å²) in [5.41, 5.74) is 8.89. The van der Waals surface area contributed by atoms with Crippen LogP contribution in [-0.2, 0) is 4.74 Å². The molecule has 0 bridgehead atoms.